The number of unbranched alkanes of at least 4 members (excludes halogenated alkanes) is 1. The third-order valence-corrected chi connectivity index (χ3v) is 4.04. The summed E-state index contributed by atoms with van der Waals surface area (Å²) in [6.45, 7) is 2.05. The summed E-state index contributed by atoms with van der Waals surface area (Å²) < 4.78 is 12.5. The minimum Gasteiger partial charge on any atom is -0.293 e. The molecule has 0 heterocycles. The van der Waals surface area contributed by atoms with Crippen molar-refractivity contribution in [3.63, 3.8) is 0 Å². The summed E-state index contributed by atoms with van der Waals surface area (Å²) in [5.41, 5.74) is 0.632. The fraction of sp³-hybridized carbons (Fsp3) is 0.417. The lowest BCUT2D eigenvalue weighted by atomic mass is 10.2. The second kappa shape index (κ2) is 6.97. The van der Waals surface area contributed by atoms with Crippen LogP contribution >= 0.6 is 15.9 Å². The van der Waals surface area contributed by atoms with Gasteiger partial charge in [-0.05, 0) is 18.6 Å². The number of Topliss-reactive ketones (excluding diaryl/α,β-unsaturated/α-hetero) is 1. The predicted octanol–water partition coefficient (Wildman–Crippen LogP) is 3.18. The number of carbonyl (C=O) groups excluding carboxylic acids is 1. The number of rotatable bonds is 6. The van der Waals surface area contributed by atoms with E-state index in [2.05, 4.69) is 15.9 Å². The summed E-state index contributed by atoms with van der Waals surface area (Å²) in [6.07, 6.45) is 1.93. The van der Waals surface area contributed by atoms with Crippen molar-refractivity contribution in [1.29, 1.82) is 0 Å². The Balaban J connectivity index is 2.52. The highest BCUT2D eigenvalue weighted by molar-refractivity contribution is 9.10. The molecule has 1 atom stereocenters. The SMILES string of the molecule is CCCCS(=O)CC(=O)c1ccc(Br)cc1. The molecule has 0 fully saturated rings. The van der Waals surface area contributed by atoms with Crippen LogP contribution in [0.4, 0.5) is 0 Å². The number of hydrogen-bond acceptors (Lipinski definition) is 2. The van der Waals surface area contributed by atoms with Crippen LogP contribution in [-0.2, 0) is 10.8 Å². The predicted molar refractivity (Wildman–Crippen MR) is 71.3 cm³/mol. The lowest BCUT2D eigenvalue weighted by Crippen LogP contribution is -2.13. The summed E-state index contributed by atoms with van der Waals surface area (Å²) in [5.74, 6) is 0.724. The number of benzene rings is 1. The molecule has 1 aromatic rings. The maximum Gasteiger partial charge on any atom is 0.175 e. The van der Waals surface area contributed by atoms with Crippen LogP contribution in [0.2, 0.25) is 0 Å². The molecule has 1 unspecified atom stereocenters. The van der Waals surface area contributed by atoms with E-state index in [4.69, 9.17) is 0 Å². The highest BCUT2D eigenvalue weighted by Crippen LogP contribution is 2.11. The highest BCUT2D eigenvalue weighted by Gasteiger charge is 2.09. The number of halogens is 1. The Morgan fingerprint density at radius 2 is 1.94 bits per heavy atom. The van der Waals surface area contributed by atoms with Crippen LogP contribution in [0.5, 0.6) is 0 Å². The maximum absolute atomic E-state index is 11.7. The Labute approximate surface area is 107 Å². The van der Waals surface area contributed by atoms with Gasteiger partial charge in [0.1, 0.15) is 0 Å². The molecule has 0 amide bonds. The molecule has 88 valence electrons. The molecule has 0 aliphatic heterocycles. The first kappa shape index (κ1) is 13.6. The fourth-order valence-corrected chi connectivity index (χ4v) is 2.72. The monoisotopic (exact) mass is 302 g/mol. The van der Waals surface area contributed by atoms with Gasteiger partial charge in [-0.3, -0.25) is 9.00 Å². The fourth-order valence-electron chi connectivity index (χ4n) is 1.24. The van der Waals surface area contributed by atoms with Gasteiger partial charge in [-0.1, -0.05) is 41.4 Å². The van der Waals surface area contributed by atoms with E-state index in [-0.39, 0.29) is 11.5 Å². The van der Waals surface area contributed by atoms with E-state index >= 15 is 0 Å². The molecular formula is C12H15BrO2S. The normalized spacial score (nSPS) is 12.4. The second-order valence-corrected chi connectivity index (χ2v) is 6.06. The molecule has 16 heavy (non-hydrogen) atoms. The number of hydrogen-bond donors (Lipinski definition) is 0. The Kier molecular flexibility index (Phi) is 5.91. The Bertz CT molecular complexity index is 373. The van der Waals surface area contributed by atoms with Crippen LogP contribution in [0, 0.1) is 0 Å². The first-order chi connectivity index (χ1) is 7.63. The van der Waals surface area contributed by atoms with Gasteiger partial charge in [0.05, 0.1) is 5.75 Å². The standard InChI is InChI=1S/C12H15BrO2S/c1-2-3-8-16(15)9-12(14)10-4-6-11(13)7-5-10/h4-7H,2-3,8-9H2,1H3. The van der Waals surface area contributed by atoms with Crippen molar-refractivity contribution in [2.75, 3.05) is 11.5 Å². The van der Waals surface area contributed by atoms with E-state index in [1.807, 2.05) is 19.1 Å². The van der Waals surface area contributed by atoms with E-state index in [0.717, 1.165) is 17.3 Å². The molecule has 0 saturated heterocycles. The van der Waals surface area contributed by atoms with E-state index < -0.39 is 10.8 Å². The van der Waals surface area contributed by atoms with Crippen molar-refractivity contribution in [2.45, 2.75) is 19.8 Å². The van der Waals surface area contributed by atoms with Crippen LogP contribution in [0.3, 0.4) is 0 Å². The third kappa shape index (κ3) is 4.58. The minimum atomic E-state index is -1.02. The molecule has 0 radical (unpaired) electrons. The smallest absolute Gasteiger partial charge is 0.175 e. The molecule has 0 saturated carbocycles. The third-order valence-electron chi connectivity index (χ3n) is 2.18. The average Bonchev–Trinajstić information content (AvgIpc) is 2.27. The van der Waals surface area contributed by atoms with Crippen molar-refractivity contribution < 1.29 is 9.00 Å². The lowest BCUT2D eigenvalue weighted by Gasteiger charge is -2.01. The maximum atomic E-state index is 11.7. The van der Waals surface area contributed by atoms with Gasteiger partial charge in [-0.25, -0.2) is 0 Å². The van der Waals surface area contributed by atoms with Crippen molar-refractivity contribution in [2.24, 2.45) is 0 Å². The molecule has 0 spiro atoms. The highest BCUT2D eigenvalue weighted by atomic mass is 79.9. The molecule has 1 rings (SSSR count). The van der Waals surface area contributed by atoms with E-state index in [0.29, 0.717) is 11.3 Å². The average molecular weight is 303 g/mol. The minimum absolute atomic E-state index is 0.0399. The molecule has 0 aliphatic rings. The van der Waals surface area contributed by atoms with Gasteiger partial charge in [0.25, 0.3) is 0 Å². The zero-order valence-electron chi connectivity index (χ0n) is 9.24. The van der Waals surface area contributed by atoms with Crippen LogP contribution in [0.25, 0.3) is 0 Å². The van der Waals surface area contributed by atoms with Gasteiger partial charge in [0.15, 0.2) is 5.78 Å². The largest absolute Gasteiger partial charge is 0.293 e. The quantitative estimate of drug-likeness (QED) is 0.756. The van der Waals surface area contributed by atoms with E-state index in [9.17, 15) is 9.00 Å². The van der Waals surface area contributed by atoms with Crippen LogP contribution in [0.1, 0.15) is 30.1 Å². The number of ketones is 1. The Morgan fingerprint density at radius 3 is 2.50 bits per heavy atom. The molecule has 1 aromatic carbocycles. The number of carbonyl (C=O) groups is 1. The van der Waals surface area contributed by atoms with Crippen molar-refractivity contribution >= 4 is 32.5 Å². The first-order valence-corrected chi connectivity index (χ1v) is 7.55. The molecular weight excluding hydrogens is 288 g/mol. The summed E-state index contributed by atoms with van der Waals surface area (Å²) in [5, 5.41) is 0. The van der Waals surface area contributed by atoms with Crippen molar-refractivity contribution in [1.82, 2.24) is 0 Å². The summed E-state index contributed by atoms with van der Waals surface area (Å²) >= 11 is 3.31. The molecule has 0 aliphatic carbocycles. The van der Waals surface area contributed by atoms with Gasteiger partial charge in [0.2, 0.25) is 0 Å². The van der Waals surface area contributed by atoms with Crippen molar-refractivity contribution in [3.05, 3.63) is 34.3 Å². The molecule has 4 heteroatoms. The Hall–Kier alpha value is -0.480. The van der Waals surface area contributed by atoms with E-state index in [1.165, 1.54) is 0 Å². The topological polar surface area (TPSA) is 34.1 Å². The summed E-state index contributed by atoms with van der Waals surface area (Å²) in [7, 11) is -1.02. The lowest BCUT2D eigenvalue weighted by molar-refractivity contribution is 0.102. The van der Waals surface area contributed by atoms with Gasteiger partial charge in [-0.15, -0.1) is 0 Å². The first-order valence-electron chi connectivity index (χ1n) is 5.27. The molecule has 0 aromatic heterocycles. The van der Waals surface area contributed by atoms with E-state index in [1.54, 1.807) is 12.1 Å². The van der Waals surface area contributed by atoms with Crippen LogP contribution in [-0.4, -0.2) is 21.5 Å². The van der Waals surface area contributed by atoms with Gasteiger partial charge >= 0.3 is 0 Å². The zero-order chi connectivity index (χ0) is 12.0. The summed E-state index contributed by atoms with van der Waals surface area (Å²) in [6, 6.07) is 7.15. The second-order valence-electron chi connectivity index (χ2n) is 3.57. The van der Waals surface area contributed by atoms with Gasteiger partial charge in [-0.2, -0.15) is 0 Å². The van der Waals surface area contributed by atoms with Gasteiger partial charge < -0.3 is 0 Å². The zero-order valence-corrected chi connectivity index (χ0v) is 11.6. The van der Waals surface area contributed by atoms with Crippen LogP contribution < -0.4 is 0 Å². The molecule has 0 bridgehead atoms. The van der Waals surface area contributed by atoms with Crippen molar-refractivity contribution in [3.8, 4) is 0 Å². The van der Waals surface area contributed by atoms with Crippen LogP contribution in [0.15, 0.2) is 28.7 Å². The summed E-state index contributed by atoms with van der Waals surface area (Å²) in [4.78, 5) is 11.7. The molecule has 0 N–H and O–H groups in total. The van der Waals surface area contributed by atoms with Gasteiger partial charge in [0, 0.05) is 26.6 Å². The molecule has 2 nitrogen and oxygen atoms in total. The Morgan fingerprint density at radius 1 is 1.31 bits per heavy atom.